The first-order chi connectivity index (χ1) is 9.10. The first-order valence-electron chi connectivity index (χ1n) is 6.29. The predicted molar refractivity (Wildman–Crippen MR) is 68.5 cm³/mol. The van der Waals surface area contributed by atoms with Crippen LogP contribution in [0.2, 0.25) is 0 Å². The van der Waals surface area contributed by atoms with Gasteiger partial charge < -0.3 is 15.1 Å². The summed E-state index contributed by atoms with van der Waals surface area (Å²) in [4.78, 5) is 24.9. The molecule has 1 fully saturated rings. The molecule has 0 spiro atoms. The van der Waals surface area contributed by atoms with Crippen molar-refractivity contribution in [1.82, 2.24) is 4.90 Å². The van der Waals surface area contributed by atoms with Crippen molar-refractivity contribution in [3.8, 4) is 0 Å². The number of hydrogen-bond donors (Lipinski definition) is 2. The fourth-order valence-corrected chi connectivity index (χ4v) is 2.56. The number of nitrogens with zero attached hydrogens (tertiary/aromatic N) is 1. The molecule has 0 unspecified atom stereocenters. The van der Waals surface area contributed by atoms with E-state index in [1.54, 1.807) is 0 Å². The lowest BCUT2D eigenvalue weighted by Crippen LogP contribution is -2.56. The van der Waals surface area contributed by atoms with Crippen LogP contribution in [-0.2, 0) is 16.0 Å². The molecule has 1 aliphatic rings. The van der Waals surface area contributed by atoms with Gasteiger partial charge in [-0.1, -0.05) is 30.3 Å². The molecule has 0 aromatic heterocycles. The fourth-order valence-electron chi connectivity index (χ4n) is 2.56. The van der Waals surface area contributed by atoms with Gasteiger partial charge in [-0.05, 0) is 18.4 Å². The third kappa shape index (κ3) is 2.46. The Labute approximate surface area is 111 Å². The third-order valence-electron chi connectivity index (χ3n) is 3.65. The van der Waals surface area contributed by atoms with E-state index in [0.29, 0.717) is 19.4 Å². The highest BCUT2D eigenvalue weighted by molar-refractivity contribution is 5.88. The molecule has 2 N–H and O–H groups in total. The van der Waals surface area contributed by atoms with Crippen molar-refractivity contribution in [3.63, 3.8) is 0 Å². The average molecular weight is 263 g/mol. The van der Waals surface area contributed by atoms with Crippen LogP contribution >= 0.6 is 0 Å². The SMILES string of the molecule is O=C(Cc1ccccc1)N1CCC[C@@]1(CO)C(=O)O. The molecular formula is C14H17NO4. The summed E-state index contributed by atoms with van der Waals surface area (Å²) in [6.45, 7) is -0.151. The summed E-state index contributed by atoms with van der Waals surface area (Å²) < 4.78 is 0. The highest BCUT2D eigenvalue weighted by atomic mass is 16.4. The van der Waals surface area contributed by atoms with E-state index in [1.165, 1.54) is 4.90 Å². The minimum absolute atomic E-state index is 0.163. The molecular weight excluding hydrogens is 246 g/mol. The maximum absolute atomic E-state index is 12.2. The fraction of sp³-hybridized carbons (Fsp3) is 0.429. The van der Waals surface area contributed by atoms with Crippen LogP contribution in [0.25, 0.3) is 0 Å². The maximum Gasteiger partial charge on any atom is 0.332 e. The van der Waals surface area contributed by atoms with E-state index in [2.05, 4.69) is 0 Å². The first-order valence-corrected chi connectivity index (χ1v) is 6.29. The molecule has 1 aliphatic heterocycles. The van der Waals surface area contributed by atoms with Gasteiger partial charge in [0.1, 0.15) is 0 Å². The van der Waals surface area contributed by atoms with E-state index in [9.17, 15) is 19.8 Å². The van der Waals surface area contributed by atoms with Crippen molar-refractivity contribution in [2.75, 3.05) is 13.2 Å². The van der Waals surface area contributed by atoms with Crippen molar-refractivity contribution < 1.29 is 19.8 Å². The van der Waals surface area contributed by atoms with E-state index in [-0.39, 0.29) is 12.3 Å². The van der Waals surface area contributed by atoms with Crippen LogP contribution in [0.4, 0.5) is 0 Å². The van der Waals surface area contributed by atoms with Crippen molar-refractivity contribution in [1.29, 1.82) is 0 Å². The number of aliphatic carboxylic acids is 1. The molecule has 5 heteroatoms. The van der Waals surface area contributed by atoms with E-state index in [0.717, 1.165) is 5.56 Å². The molecule has 1 aromatic rings. The Bertz CT molecular complexity index is 474. The quantitative estimate of drug-likeness (QED) is 0.837. The number of aliphatic hydroxyl groups excluding tert-OH is 1. The zero-order valence-corrected chi connectivity index (χ0v) is 10.6. The Kier molecular flexibility index (Phi) is 3.85. The molecule has 1 atom stereocenters. The Morgan fingerprint density at radius 1 is 1.26 bits per heavy atom. The van der Waals surface area contributed by atoms with Gasteiger partial charge >= 0.3 is 5.97 Å². The molecule has 1 amide bonds. The second-order valence-corrected chi connectivity index (χ2v) is 4.81. The number of hydrogen-bond acceptors (Lipinski definition) is 3. The van der Waals surface area contributed by atoms with E-state index in [4.69, 9.17) is 0 Å². The van der Waals surface area contributed by atoms with Gasteiger partial charge in [0.2, 0.25) is 5.91 Å². The lowest BCUT2D eigenvalue weighted by Gasteiger charge is -2.33. The van der Waals surface area contributed by atoms with Gasteiger partial charge in [0, 0.05) is 6.54 Å². The van der Waals surface area contributed by atoms with Gasteiger partial charge in [-0.25, -0.2) is 4.79 Å². The molecule has 5 nitrogen and oxygen atoms in total. The highest BCUT2D eigenvalue weighted by Crippen LogP contribution is 2.30. The standard InChI is InChI=1S/C14H17NO4/c16-10-14(13(18)19)7-4-8-15(14)12(17)9-11-5-2-1-3-6-11/h1-3,5-6,16H,4,7-10H2,(H,18,19)/t14-/m1/s1. The Morgan fingerprint density at radius 2 is 1.95 bits per heavy atom. The summed E-state index contributed by atoms with van der Waals surface area (Å²) >= 11 is 0. The van der Waals surface area contributed by atoms with Gasteiger partial charge in [0.15, 0.2) is 5.54 Å². The number of rotatable bonds is 4. The van der Waals surface area contributed by atoms with Crippen LogP contribution in [0, 0.1) is 0 Å². The number of carboxylic acid groups (broad SMARTS) is 1. The number of benzene rings is 1. The van der Waals surface area contributed by atoms with Crippen molar-refractivity contribution in [3.05, 3.63) is 35.9 Å². The van der Waals surface area contributed by atoms with Crippen LogP contribution in [0.1, 0.15) is 18.4 Å². The minimum Gasteiger partial charge on any atom is -0.479 e. The highest BCUT2D eigenvalue weighted by Gasteiger charge is 2.49. The van der Waals surface area contributed by atoms with E-state index >= 15 is 0 Å². The summed E-state index contributed by atoms with van der Waals surface area (Å²) in [6.07, 6.45) is 1.07. The summed E-state index contributed by atoms with van der Waals surface area (Å²) in [5.74, 6) is -1.38. The molecule has 1 heterocycles. The summed E-state index contributed by atoms with van der Waals surface area (Å²) in [6, 6.07) is 9.19. The molecule has 0 aliphatic carbocycles. The van der Waals surface area contributed by atoms with Gasteiger partial charge in [-0.2, -0.15) is 0 Å². The average Bonchev–Trinajstić information content (AvgIpc) is 2.85. The second-order valence-electron chi connectivity index (χ2n) is 4.81. The summed E-state index contributed by atoms with van der Waals surface area (Å²) in [5, 5.41) is 18.7. The number of carboxylic acids is 1. The lowest BCUT2D eigenvalue weighted by atomic mass is 9.97. The molecule has 0 bridgehead atoms. The molecule has 0 radical (unpaired) electrons. The minimum atomic E-state index is -1.44. The predicted octanol–water partition coefficient (Wildman–Crippen LogP) is 0.667. The van der Waals surface area contributed by atoms with E-state index in [1.807, 2.05) is 30.3 Å². The summed E-state index contributed by atoms with van der Waals surface area (Å²) in [7, 11) is 0. The molecule has 1 aromatic carbocycles. The van der Waals surface area contributed by atoms with Gasteiger partial charge in [-0.15, -0.1) is 0 Å². The van der Waals surface area contributed by atoms with Crippen LogP contribution in [0.15, 0.2) is 30.3 Å². The van der Waals surface area contributed by atoms with Crippen LogP contribution in [0.5, 0.6) is 0 Å². The number of amides is 1. The van der Waals surface area contributed by atoms with Crippen molar-refractivity contribution in [2.24, 2.45) is 0 Å². The number of carbonyl (C=O) groups is 2. The Morgan fingerprint density at radius 3 is 2.53 bits per heavy atom. The molecule has 0 saturated carbocycles. The van der Waals surface area contributed by atoms with Gasteiger partial charge in [0.25, 0.3) is 0 Å². The molecule has 19 heavy (non-hydrogen) atoms. The lowest BCUT2D eigenvalue weighted by molar-refractivity contribution is -0.159. The van der Waals surface area contributed by atoms with E-state index < -0.39 is 18.1 Å². The smallest absolute Gasteiger partial charge is 0.332 e. The maximum atomic E-state index is 12.2. The van der Waals surface area contributed by atoms with Gasteiger partial charge in [0.05, 0.1) is 13.0 Å². The summed E-state index contributed by atoms with van der Waals surface area (Å²) in [5.41, 5.74) is -0.595. The normalized spacial score (nSPS) is 22.5. The number of likely N-dealkylation sites (tertiary alicyclic amines) is 1. The first kappa shape index (κ1) is 13.5. The third-order valence-corrected chi connectivity index (χ3v) is 3.65. The second kappa shape index (κ2) is 5.40. The van der Waals surface area contributed by atoms with Gasteiger partial charge in [-0.3, -0.25) is 4.79 Å². The van der Waals surface area contributed by atoms with Crippen molar-refractivity contribution >= 4 is 11.9 Å². The topological polar surface area (TPSA) is 77.8 Å². The number of aliphatic hydroxyl groups is 1. The molecule has 1 saturated heterocycles. The van der Waals surface area contributed by atoms with Crippen LogP contribution < -0.4 is 0 Å². The molecule has 102 valence electrons. The monoisotopic (exact) mass is 263 g/mol. The largest absolute Gasteiger partial charge is 0.479 e. The Balaban J connectivity index is 2.16. The molecule has 2 rings (SSSR count). The number of carbonyl (C=O) groups excluding carboxylic acids is 1. The van der Waals surface area contributed by atoms with Crippen LogP contribution in [-0.4, -0.2) is 45.7 Å². The Hall–Kier alpha value is -1.88. The zero-order chi connectivity index (χ0) is 13.9. The van der Waals surface area contributed by atoms with Crippen LogP contribution in [0.3, 0.4) is 0 Å². The zero-order valence-electron chi connectivity index (χ0n) is 10.6. The van der Waals surface area contributed by atoms with Crippen molar-refractivity contribution in [2.45, 2.75) is 24.8 Å².